The molecule has 0 saturated carbocycles. The van der Waals surface area contributed by atoms with Crippen LogP contribution in [0.5, 0.6) is 0 Å². The first kappa shape index (κ1) is 9.21. The van der Waals surface area contributed by atoms with Crippen molar-refractivity contribution in [3.8, 4) is 0 Å². The molecule has 0 amide bonds. The summed E-state index contributed by atoms with van der Waals surface area (Å²) in [6.45, 7) is 0.858. The summed E-state index contributed by atoms with van der Waals surface area (Å²) in [7, 11) is 0. The van der Waals surface area contributed by atoms with Crippen LogP contribution < -0.4 is 4.57 Å². The smallest absolute Gasteiger partial charge is 0.187 e. The van der Waals surface area contributed by atoms with E-state index in [1.54, 1.807) is 12.4 Å². The molecule has 0 atom stereocenters. The summed E-state index contributed by atoms with van der Waals surface area (Å²) in [6, 6.07) is 8.15. The number of thiol groups is 1. The molecule has 0 saturated heterocycles. The van der Waals surface area contributed by atoms with Crippen LogP contribution in [0.4, 0.5) is 0 Å². The van der Waals surface area contributed by atoms with E-state index in [1.165, 1.54) is 5.56 Å². The monoisotopic (exact) mass is 203 g/mol. The Morgan fingerprint density at radius 2 is 2.00 bits per heavy atom. The summed E-state index contributed by atoms with van der Waals surface area (Å²) < 4.78 is 2.08. The molecule has 1 aromatic heterocycles. The quantitative estimate of drug-likeness (QED) is 0.580. The first-order valence-corrected chi connectivity index (χ1v) is 4.86. The number of aromatic nitrogens is 2. The molecule has 0 aliphatic rings. The van der Waals surface area contributed by atoms with Crippen LogP contribution in [0.3, 0.4) is 0 Å². The fraction of sp³-hybridized carbons (Fsp3) is 0.0909. The van der Waals surface area contributed by atoms with E-state index in [9.17, 15) is 0 Å². The largest absolute Gasteiger partial charge is 0.252 e. The molecule has 70 valence electrons. The normalized spacial score (nSPS) is 10.1. The molecule has 0 fully saturated rings. The topological polar surface area (TPSA) is 16.8 Å². The van der Waals surface area contributed by atoms with Crippen LogP contribution >= 0.6 is 12.6 Å². The summed E-state index contributed by atoms with van der Waals surface area (Å²) in [5, 5.41) is 0. The van der Waals surface area contributed by atoms with Crippen molar-refractivity contribution >= 4 is 12.6 Å². The van der Waals surface area contributed by atoms with Gasteiger partial charge >= 0.3 is 0 Å². The fourth-order valence-electron chi connectivity index (χ4n) is 1.32. The molecule has 0 unspecified atom stereocenters. The third-order valence-electron chi connectivity index (χ3n) is 1.96. The third kappa shape index (κ3) is 2.33. The number of rotatable bonds is 2. The maximum Gasteiger partial charge on any atom is 0.187 e. The van der Waals surface area contributed by atoms with Crippen molar-refractivity contribution in [1.82, 2.24) is 4.98 Å². The van der Waals surface area contributed by atoms with Gasteiger partial charge in [0.2, 0.25) is 0 Å². The Morgan fingerprint density at radius 3 is 2.71 bits per heavy atom. The van der Waals surface area contributed by atoms with Gasteiger partial charge in [0.1, 0.15) is 0 Å². The molecule has 0 radical (unpaired) electrons. The lowest BCUT2D eigenvalue weighted by molar-refractivity contribution is -0.688. The Labute approximate surface area is 88.7 Å². The predicted molar refractivity (Wildman–Crippen MR) is 57.2 cm³/mol. The molecular weight excluding hydrogens is 192 g/mol. The van der Waals surface area contributed by atoms with Gasteiger partial charge in [-0.2, -0.15) is 4.57 Å². The van der Waals surface area contributed by atoms with Crippen LogP contribution in [-0.4, -0.2) is 4.98 Å². The standard InChI is InChI=1S/C11H10N2S/c14-11-3-1-2-10(8-11)9-13-6-4-12-5-7-13/h1-8H,9H2/p+1. The van der Waals surface area contributed by atoms with Crippen molar-refractivity contribution in [2.45, 2.75) is 11.4 Å². The summed E-state index contributed by atoms with van der Waals surface area (Å²) in [6.07, 6.45) is 7.46. The second-order valence-electron chi connectivity index (χ2n) is 3.09. The lowest BCUT2D eigenvalue weighted by Gasteiger charge is -1.97. The first-order valence-electron chi connectivity index (χ1n) is 4.41. The van der Waals surface area contributed by atoms with Crippen LogP contribution in [0.2, 0.25) is 0 Å². The molecule has 2 nitrogen and oxygen atoms in total. The Kier molecular flexibility index (Phi) is 2.79. The Bertz CT molecular complexity index is 415. The molecule has 2 rings (SSSR count). The minimum atomic E-state index is 0.858. The van der Waals surface area contributed by atoms with E-state index < -0.39 is 0 Å². The van der Waals surface area contributed by atoms with E-state index in [0.717, 1.165) is 11.4 Å². The maximum absolute atomic E-state index is 4.30. The highest BCUT2D eigenvalue weighted by Crippen LogP contribution is 2.07. The number of nitrogens with zero attached hydrogens (tertiary/aromatic N) is 2. The molecule has 1 heterocycles. The molecule has 0 bridgehead atoms. The minimum Gasteiger partial charge on any atom is -0.252 e. The Morgan fingerprint density at radius 1 is 1.21 bits per heavy atom. The summed E-state index contributed by atoms with van der Waals surface area (Å²) in [5.41, 5.74) is 1.24. The molecule has 0 spiro atoms. The van der Waals surface area contributed by atoms with Gasteiger partial charge in [-0.05, 0) is 12.1 Å². The van der Waals surface area contributed by atoms with Crippen molar-refractivity contribution < 1.29 is 4.57 Å². The highest BCUT2D eigenvalue weighted by atomic mass is 32.1. The summed E-state index contributed by atoms with van der Waals surface area (Å²) >= 11 is 4.30. The van der Waals surface area contributed by atoms with Gasteiger partial charge in [-0.25, -0.2) is 0 Å². The van der Waals surface area contributed by atoms with Crippen molar-refractivity contribution in [1.29, 1.82) is 0 Å². The summed E-state index contributed by atoms with van der Waals surface area (Å²) in [5.74, 6) is 0. The van der Waals surface area contributed by atoms with Gasteiger partial charge in [-0.3, -0.25) is 4.98 Å². The van der Waals surface area contributed by atoms with Gasteiger partial charge in [-0.1, -0.05) is 12.1 Å². The summed E-state index contributed by atoms with van der Waals surface area (Å²) in [4.78, 5) is 4.97. The molecule has 1 aromatic carbocycles. The molecule has 0 aliphatic carbocycles. The minimum absolute atomic E-state index is 0.858. The first-order chi connectivity index (χ1) is 6.84. The molecule has 0 N–H and O–H groups in total. The molecule has 3 heteroatoms. The zero-order valence-corrected chi connectivity index (χ0v) is 8.56. The van der Waals surface area contributed by atoms with Crippen LogP contribution in [0.1, 0.15) is 5.56 Å². The van der Waals surface area contributed by atoms with E-state index in [4.69, 9.17) is 0 Å². The van der Waals surface area contributed by atoms with Crippen LogP contribution in [0.25, 0.3) is 0 Å². The fourth-order valence-corrected chi connectivity index (χ4v) is 1.57. The number of hydrogen-bond acceptors (Lipinski definition) is 2. The number of benzene rings is 1. The van der Waals surface area contributed by atoms with Gasteiger partial charge < -0.3 is 0 Å². The maximum atomic E-state index is 4.30. The van der Waals surface area contributed by atoms with Crippen molar-refractivity contribution in [3.05, 3.63) is 54.6 Å². The van der Waals surface area contributed by atoms with Gasteiger partial charge in [-0.15, -0.1) is 12.6 Å². The van der Waals surface area contributed by atoms with Crippen molar-refractivity contribution in [2.24, 2.45) is 0 Å². The van der Waals surface area contributed by atoms with E-state index in [1.807, 2.05) is 24.5 Å². The van der Waals surface area contributed by atoms with E-state index in [-0.39, 0.29) is 0 Å². The number of hydrogen-bond donors (Lipinski definition) is 1. The second-order valence-corrected chi connectivity index (χ2v) is 3.60. The van der Waals surface area contributed by atoms with E-state index in [0.29, 0.717) is 0 Å². The zero-order valence-electron chi connectivity index (χ0n) is 7.67. The molecule has 2 aromatic rings. The SMILES string of the molecule is Sc1cccc(C[n+]2ccncc2)c1. The molecule has 14 heavy (non-hydrogen) atoms. The predicted octanol–water partition coefficient (Wildman–Crippen LogP) is 1.71. The third-order valence-corrected chi connectivity index (χ3v) is 2.24. The average Bonchev–Trinajstić information content (AvgIpc) is 2.19. The van der Waals surface area contributed by atoms with Gasteiger partial charge in [0.05, 0.1) is 12.4 Å². The van der Waals surface area contributed by atoms with Crippen LogP contribution in [-0.2, 0) is 6.54 Å². The van der Waals surface area contributed by atoms with Crippen molar-refractivity contribution in [3.63, 3.8) is 0 Å². The van der Waals surface area contributed by atoms with Gasteiger partial charge in [0.15, 0.2) is 18.9 Å². The highest BCUT2D eigenvalue weighted by Gasteiger charge is 2.00. The average molecular weight is 203 g/mol. The molecule has 0 aliphatic heterocycles. The van der Waals surface area contributed by atoms with E-state index >= 15 is 0 Å². The van der Waals surface area contributed by atoms with Crippen LogP contribution in [0.15, 0.2) is 53.9 Å². The Balaban J connectivity index is 2.19. The highest BCUT2D eigenvalue weighted by molar-refractivity contribution is 7.80. The Hall–Kier alpha value is -1.35. The molecular formula is C11H11N2S+. The lowest BCUT2D eigenvalue weighted by atomic mass is 10.2. The lowest BCUT2D eigenvalue weighted by Crippen LogP contribution is -2.33. The van der Waals surface area contributed by atoms with Crippen molar-refractivity contribution in [2.75, 3.05) is 0 Å². The van der Waals surface area contributed by atoms with Gasteiger partial charge in [0.25, 0.3) is 0 Å². The zero-order chi connectivity index (χ0) is 9.80. The second kappa shape index (κ2) is 4.24. The van der Waals surface area contributed by atoms with E-state index in [2.05, 4.69) is 34.3 Å². The van der Waals surface area contributed by atoms with Gasteiger partial charge in [0, 0.05) is 10.5 Å². The van der Waals surface area contributed by atoms with Crippen LogP contribution in [0, 0.1) is 0 Å².